The normalized spacial score (nSPS) is 20.2. The molecular weight excluding hydrogens is 304 g/mol. The molecule has 2 aliphatic rings. The molecule has 2 fully saturated rings. The highest BCUT2D eigenvalue weighted by Gasteiger charge is 2.25. The molecule has 0 atom stereocenters. The zero-order valence-electron chi connectivity index (χ0n) is 14.8. The van der Waals surface area contributed by atoms with E-state index < -0.39 is 0 Å². The summed E-state index contributed by atoms with van der Waals surface area (Å²) in [6.07, 6.45) is 7.35. The van der Waals surface area contributed by atoms with E-state index in [1.54, 1.807) is 6.20 Å². The Bertz CT molecular complexity index is 564. The van der Waals surface area contributed by atoms with Crippen molar-refractivity contribution in [2.75, 3.05) is 32.7 Å². The fourth-order valence-electron chi connectivity index (χ4n) is 3.40. The van der Waals surface area contributed by atoms with Crippen molar-refractivity contribution in [1.82, 2.24) is 19.8 Å². The van der Waals surface area contributed by atoms with Crippen molar-refractivity contribution in [2.45, 2.75) is 52.1 Å². The summed E-state index contributed by atoms with van der Waals surface area (Å²) in [6, 6.07) is 0. The first-order valence-electron chi connectivity index (χ1n) is 9.09. The lowest BCUT2D eigenvalue weighted by atomic mass is 10.1. The molecule has 0 radical (unpaired) electrons. The van der Waals surface area contributed by atoms with E-state index in [0.717, 1.165) is 63.3 Å². The van der Waals surface area contributed by atoms with Crippen LogP contribution in [0, 0.1) is 13.8 Å². The lowest BCUT2D eigenvalue weighted by molar-refractivity contribution is -0.133. The number of likely N-dealkylation sites (tertiary alicyclic amines) is 2. The van der Waals surface area contributed by atoms with Crippen molar-refractivity contribution in [3.63, 3.8) is 0 Å². The molecule has 0 bridgehead atoms. The predicted octanol–water partition coefficient (Wildman–Crippen LogP) is 1.95. The molecule has 1 amide bonds. The molecule has 24 heavy (non-hydrogen) atoms. The number of carbonyl (C=O) groups is 1. The number of hydrogen-bond acceptors (Lipinski definition) is 5. The average molecular weight is 332 g/mol. The second-order valence-corrected chi connectivity index (χ2v) is 6.94. The van der Waals surface area contributed by atoms with Crippen LogP contribution in [0.25, 0.3) is 0 Å². The number of hydrogen-bond donors (Lipinski definition) is 0. The monoisotopic (exact) mass is 332 g/mol. The van der Waals surface area contributed by atoms with Crippen molar-refractivity contribution in [1.29, 1.82) is 0 Å². The average Bonchev–Trinajstić information content (AvgIpc) is 2.60. The predicted molar refractivity (Wildman–Crippen MR) is 92.0 cm³/mol. The Morgan fingerprint density at radius 2 is 1.88 bits per heavy atom. The van der Waals surface area contributed by atoms with Gasteiger partial charge in [0.15, 0.2) is 0 Å². The summed E-state index contributed by atoms with van der Waals surface area (Å²) in [4.78, 5) is 25.4. The topological polar surface area (TPSA) is 58.6 Å². The molecule has 0 saturated carbocycles. The van der Waals surface area contributed by atoms with E-state index in [1.165, 1.54) is 6.42 Å². The van der Waals surface area contributed by atoms with Crippen LogP contribution in [0.15, 0.2) is 6.20 Å². The first kappa shape index (κ1) is 17.1. The van der Waals surface area contributed by atoms with Gasteiger partial charge in [0.05, 0.1) is 17.9 Å². The van der Waals surface area contributed by atoms with E-state index in [-0.39, 0.29) is 12.0 Å². The maximum atomic E-state index is 12.4. The Kier molecular flexibility index (Phi) is 5.66. The van der Waals surface area contributed by atoms with Gasteiger partial charge in [-0.05, 0) is 46.0 Å². The van der Waals surface area contributed by atoms with E-state index >= 15 is 0 Å². The van der Waals surface area contributed by atoms with E-state index in [1.807, 2.05) is 18.7 Å². The fraction of sp³-hybridized carbons (Fsp3) is 0.722. The van der Waals surface area contributed by atoms with Gasteiger partial charge in [-0.3, -0.25) is 14.7 Å². The third kappa shape index (κ3) is 4.44. The number of carbonyl (C=O) groups excluding carboxylic acids is 1. The molecule has 2 aliphatic heterocycles. The third-order valence-electron chi connectivity index (χ3n) is 4.91. The Labute approximate surface area is 144 Å². The maximum Gasteiger partial charge on any atom is 0.236 e. The number of nitrogens with zero attached hydrogens (tertiary/aromatic N) is 4. The molecule has 6 nitrogen and oxygen atoms in total. The zero-order valence-corrected chi connectivity index (χ0v) is 14.8. The Hall–Kier alpha value is -1.69. The minimum absolute atomic E-state index is 0.168. The van der Waals surface area contributed by atoms with Crippen LogP contribution in [0.4, 0.5) is 0 Å². The number of aryl methyl sites for hydroxylation is 2. The second-order valence-electron chi connectivity index (χ2n) is 6.94. The summed E-state index contributed by atoms with van der Waals surface area (Å²) in [5.41, 5.74) is 1.71. The summed E-state index contributed by atoms with van der Waals surface area (Å²) in [6.45, 7) is 8.08. The van der Waals surface area contributed by atoms with Gasteiger partial charge in [-0.25, -0.2) is 4.98 Å². The van der Waals surface area contributed by atoms with Gasteiger partial charge in [0, 0.05) is 32.4 Å². The van der Waals surface area contributed by atoms with Crippen LogP contribution in [-0.2, 0) is 4.79 Å². The highest BCUT2D eigenvalue weighted by atomic mass is 16.5. The lowest BCUT2D eigenvalue weighted by Gasteiger charge is -2.34. The molecule has 0 spiro atoms. The van der Waals surface area contributed by atoms with Gasteiger partial charge in [-0.2, -0.15) is 0 Å². The van der Waals surface area contributed by atoms with Gasteiger partial charge in [0.25, 0.3) is 0 Å². The molecule has 6 heteroatoms. The molecule has 0 aromatic carbocycles. The number of ether oxygens (including phenoxy) is 1. The molecule has 0 aliphatic carbocycles. The molecular formula is C18H28N4O2. The van der Waals surface area contributed by atoms with Gasteiger partial charge >= 0.3 is 0 Å². The summed E-state index contributed by atoms with van der Waals surface area (Å²) < 4.78 is 6.04. The number of aromatic nitrogens is 2. The largest absolute Gasteiger partial charge is 0.473 e. The summed E-state index contributed by atoms with van der Waals surface area (Å²) >= 11 is 0. The smallest absolute Gasteiger partial charge is 0.236 e. The van der Waals surface area contributed by atoms with Gasteiger partial charge in [0.1, 0.15) is 6.10 Å². The molecule has 0 unspecified atom stereocenters. The number of amides is 1. The first-order chi connectivity index (χ1) is 11.6. The van der Waals surface area contributed by atoms with E-state index in [0.29, 0.717) is 12.4 Å². The second kappa shape index (κ2) is 7.92. The molecule has 0 N–H and O–H groups in total. The number of rotatable bonds is 4. The highest BCUT2D eigenvalue weighted by molar-refractivity contribution is 5.78. The van der Waals surface area contributed by atoms with Crippen molar-refractivity contribution in [3.8, 4) is 5.88 Å². The van der Waals surface area contributed by atoms with E-state index in [4.69, 9.17) is 4.74 Å². The van der Waals surface area contributed by atoms with Crippen LogP contribution in [0.5, 0.6) is 5.88 Å². The van der Waals surface area contributed by atoms with Crippen molar-refractivity contribution >= 4 is 5.91 Å². The Morgan fingerprint density at radius 1 is 1.17 bits per heavy atom. The number of piperidine rings is 2. The standard InChI is InChI=1S/C18H28N4O2/c1-14-12-19-15(2)18(20-14)24-16-6-10-21(11-7-16)13-17(23)22-8-4-3-5-9-22/h12,16H,3-11,13H2,1-2H3. The van der Waals surface area contributed by atoms with Crippen LogP contribution in [0.2, 0.25) is 0 Å². The zero-order chi connectivity index (χ0) is 16.9. The van der Waals surface area contributed by atoms with Gasteiger partial charge < -0.3 is 9.64 Å². The van der Waals surface area contributed by atoms with Crippen LogP contribution < -0.4 is 4.74 Å². The van der Waals surface area contributed by atoms with E-state index in [2.05, 4.69) is 14.9 Å². The fourth-order valence-corrected chi connectivity index (χ4v) is 3.40. The molecule has 3 rings (SSSR count). The molecule has 1 aromatic heterocycles. The summed E-state index contributed by atoms with van der Waals surface area (Å²) in [7, 11) is 0. The Morgan fingerprint density at radius 3 is 2.58 bits per heavy atom. The van der Waals surface area contributed by atoms with Crippen molar-refractivity contribution in [2.24, 2.45) is 0 Å². The van der Waals surface area contributed by atoms with Crippen LogP contribution in [0.1, 0.15) is 43.5 Å². The molecule has 3 heterocycles. The first-order valence-corrected chi connectivity index (χ1v) is 9.09. The lowest BCUT2D eigenvalue weighted by Crippen LogP contribution is -2.46. The van der Waals surface area contributed by atoms with E-state index in [9.17, 15) is 4.79 Å². The van der Waals surface area contributed by atoms with Crippen molar-refractivity contribution < 1.29 is 9.53 Å². The van der Waals surface area contributed by atoms with Crippen molar-refractivity contribution in [3.05, 3.63) is 17.6 Å². The summed E-state index contributed by atoms with van der Waals surface area (Å²) in [5, 5.41) is 0. The molecule has 1 aromatic rings. The maximum absolute atomic E-state index is 12.4. The van der Waals surface area contributed by atoms with Gasteiger partial charge in [0.2, 0.25) is 11.8 Å². The van der Waals surface area contributed by atoms with Gasteiger partial charge in [-0.1, -0.05) is 0 Å². The van der Waals surface area contributed by atoms with Crippen LogP contribution >= 0.6 is 0 Å². The molecule has 132 valence electrons. The quantitative estimate of drug-likeness (QED) is 0.843. The Balaban J connectivity index is 1.45. The minimum atomic E-state index is 0.168. The third-order valence-corrected chi connectivity index (χ3v) is 4.91. The van der Waals surface area contributed by atoms with Gasteiger partial charge in [-0.15, -0.1) is 0 Å². The van der Waals surface area contributed by atoms with Crippen LogP contribution in [-0.4, -0.2) is 64.5 Å². The van der Waals surface area contributed by atoms with Crippen LogP contribution in [0.3, 0.4) is 0 Å². The SMILES string of the molecule is Cc1cnc(C)c(OC2CCN(CC(=O)N3CCCCC3)CC2)n1. The molecule has 2 saturated heterocycles. The minimum Gasteiger partial charge on any atom is -0.473 e. The summed E-state index contributed by atoms with van der Waals surface area (Å²) in [5.74, 6) is 0.937. The highest BCUT2D eigenvalue weighted by Crippen LogP contribution is 2.20.